The average molecular weight is 308 g/mol. The highest BCUT2D eigenvalue weighted by molar-refractivity contribution is 7.89. The number of nitrogens with one attached hydrogen (secondary N) is 3. The number of aromatic amines is 1. The van der Waals surface area contributed by atoms with Gasteiger partial charge in [-0.1, -0.05) is 26.0 Å². The molecule has 6 nitrogen and oxygen atoms in total. The van der Waals surface area contributed by atoms with Crippen molar-refractivity contribution in [3.63, 3.8) is 0 Å². The lowest BCUT2D eigenvalue weighted by Gasteiger charge is -2.10. The second-order valence-corrected chi connectivity index (χ2v) is 6.81. The molecule has 0 fully saturated rings. The fourth-order valence-corrected chi connectivity index (χ4v) is 2.84. The minimum absolute atomic E-state index is 0.143. The molecule has 0 unspecified atom stereocenters. The number of nitrogens with zero attached hydrogens (tertiary/aromatic N) is 1. The molecule has 1 aromatic heterocycles. The minimum atomic E-state index is -3.54. The predicted molar refractivity (Wildman–Crippen MR) is 81.0 cm³/mol. The van der Waals surface area contributed by atoms with E-state index in [1.54, 1.807) is 30.6 Å². The van der Waals surface area contributed by atoms with Crippen LogP contribution in [0.5, 0.6) is 0 Å². The van der Waals surface area contributed by atoms with E-state index >= 15 is 0 Å². The molecule has 1 aromatic carbocycles. The van der Waals surface area contributed by atoms with Gasteiger partial charge in [0.05, 0.1) is 11.4 Å². The Bertz CT molecular complexity index is 666. The van der Waals surface area contributed by atoms with Crippen molar-refractivity contribution in [2.24, 2.45) is 0 Å². The van der Waals surface area contributed by atoms with E-state index < -0.39 is 10.0 Å². The summed E-state index contributed by atoms with van der Waals surface area (Å²) in [5.41, 5.74) is 0.935. The molecule has 2 rings (SSSR count). The highest BCUT2D eigenvalue weighted by Crippen LogP contribution is 2.12. The van der Waals surface area contributed by atoms with Gasteiger partial charge in [0.2, 0.25) is 10.0 Å². The maximum absolute atomic E-state index is 12.2. The van der Waals surface area contributed by atoms with E-state index in [0.717, 1.165) is 5.56 Å². The van der Waals surface area contributed by atoms with Crippen LogP contribution in [0.3, 0.4) is 0 Å². The normalized spacial score (nSPS) is 12.0. The van der Waals surface area contributed by atoms with Gasteiger partial charge in [-0.05, 0) is 17.7 Å². The zero-order valence-corrected chi connectivity index (χ0v) is 12.9. The largest absolute Gasteiger partial charge is 0.347 e. The van der Waals surface area contributed by atoms with Crippen LogP contribution in [0.2, 0.25) is 0 Å². The molecule has 0 aliphatic carbocycles. The van der Waals surface area contributed by atoms with Gasteiger partial charge in [-0.15, -0.1) is 0 Å². The van der Waals surface area contributed by atoms with Crippen molar-refractivity contribution in [1.29, 1.82) is 0 Å². The summed E-state index contributed by atoms with van der Waals surface area (Å²) in [5.74, 6) is 0.580. The maximum atomic E-state index is 12.2. The van der Waals surface area contributed by atoms with E-state index in [1.807, 2.05) is 19.9 Å². The first-order valence-electron chi connectivity index (χ1n) is 6.77. The summed E-state index contributed by atoms with van der Waals surface area (Å²) in [6.07, 6.45) is 3.24. The Labute approximate surface area is 125 Å². The molecule has 0 aliphatic heterocycles. The summed E-state index contributed by atoms with van der Waals surface area (Å²) in [4.78, 5) is 7.11. The van der Waals surface area contributed by atoms with Gasteiger partial charge in [0.15, 0.2) is 0 Å². The first kappa shape index (κ1) is 15.7. The topological polar surface area (TPSA) is 86.9 Å². The highest BCUT2D eigenvalue weighted by Gasteiger charge is 2.14. The van der Waals surface area contributed by atoms with Crippen LogP contribution in [0.15, 0.2) is 41.6 Å². The summed E-state index contributed by atoms with van der Waals surface area (Å²) in [7, 11) is -3.54. The molecule has 0 spiro atoms. The molecule has 2 aromatic rings. The fraction of sp³-hybridized carbons (Fsp3) is 0.357. The van der Waals surface area contributed by atoms with Gasteiger partial charge in [-0.25, -0.2) is 18.1 Å². The van der Waals surface area contributed by atoms with Crippen LogP contribution in [-0.4, -0.2) is 24.4 Å². The molecule has 0 bridgehead atoms. The molecule has 3 N–H and O–H groups in total. The van der Waals surface area contributed by atoms with Crippen molar-refractivity contribution in [3.8, 4) is 0 Å². The van der Waals surface area contributed by atoms with Gasteiger partial charge >= 0.3 is 0 Å². The van der Waals surface area contributed by atoms with E-state index in [1.165, 1.54) is 0 Å². The smallest absolute Gasteiger partial charge is 0.240 e. The Hall–Kier alpha value is -1.70. The van der Waals surface area contributed by atoms with Crippen molar-refractivity contribution in [2.75, 3.05) is 0 Å². The van der Waals surface area contributed by atoms with E-state index in [2.05, 4.69) is 20.0 Å². The Morgan fingerprint density at radius 3 is 2.76 bits per heavy atom. The van der Waals surface area contributed by atoms with E-state index in [0.29, 0.717) is 18.4 Å². The van der Waals surface area contributed by atoms with Gasteiger partial charge in [0.25, 0.3) is 0 Å². The predicted octanol–water partition coefficient (Wildman–Crippen LogP) is 1.39. The number of H-pyrrole nitrogens is 1. The molecule has 114 valence electrons. The summed E-state index contributed by atoms with van der Waals surface area (Å²) < 4.78 is 27.0. The summed E-state index contributed by atoms with van der Waals surface area (Å²) in [6, 6.07) is 7.27. The number of sulfonamides is 1. The summed E-state index contributed by atoms with van der Waals surface area (Å²) in [5, 5.41) is 3.26. The molecule has 1 heterocycles. The van der Waals surface area contributed by atoms with E-state index in [4.69, 9.17) is 0 Å². The zero-order chi connectivity index (χ0) is 15.3. The van der Waals surface area contributed by atoms with E-state index in [-0.39, 0.29) is 11.4 Å². The van der Waals surface area contributed by atoms with Gasteiger partial charge in [0, 0.05) is 25.0 Å². The Morgan fingerprint density at radius 2 is 2.10 bits per heavy atom. The highest BCUT2D eigenvalue weighted by atomic mass is 32.2. The molecule has 7 heteroatoms. The Morgan fingerprint density at radius 1 is 1.29 bits per heavy atom. The van der Waals surface area contributed by atoms with Crippen LogP contribution >= 0.6 is 0 Å². The number of hydrogen-bond donors (Lipinski definition) is 3. The lowest BCUT2D eigenvalue weighted by Crippen LogP contribution is -2.25. The molecular formula is C14H20N4O2S. The van der Waals surface area contributed by atoms with Crippen LogP contribution in [0, 0.1) is 0 Å². The third-order valence-corrected chi connectivity index (χ3v) is 4.31. The molecule has 0 atom stereocenters. The molecule has 0 amide bonds. The Kier molecular flexibility index (Phi) is 5.11. The first-order valence-corrected chi connectivity index (χ1v) is 8.26. The standard InChI is InChI=1S/C14H20N4O2S/c1-11(2)17-9-12-4-3-5-13(8-12)21(19,20)18-10-14-15-6-7-16-14/h3-8,11,17-18H,9-10H2,1-2H3,(H,15,16). The second-order valence-electron chi connectivity index (χ2n) is 5.04. The van der Waals surface area contributed by atoms with Gasteiger partial charge in [-0.2, -0.15) is 0 Å². The van der Waals surface area contributed by atoms with Gasteiger partial charge < -0.3 is 10.3 Å². The van der Waals surface area contributed by atoms with Crippen LogP contribution in [0.4, 0.5) is 0 Å². The average Bonchev–Trinajstić information content (AvgIpc) is 2.97. The Balaban J connectivity index is 2.06. The van der Waals surface area contributed by atoms with Gasteiger partial charge in [-0.3, -0.25) is 0 Å². The SMILES string of the molecule is CC(C)NCc1cccc(S(=O)(=O)NCc2ncc[nH]2)c1. The van der Waals surface area contributed by atoms with Crippen LogP contribution < -0.4 is 10.0 Å². The summed E-state index contributed by atoms with van der Waals surface area (Å²) in [6.45, 7) is 4.88. The maximum Gasteiger partial charge on any atom is 0.240 e. The second kappa shape index (κ2) is 6.84. The molecular weight excluding hydrogens is 288 g/mol. The third-order valence-electron chi connectivity index (χ3n) is 2.91. The minimum Gasteiger partial charge on any atom is -0.347 e. The van der Waals surface area contributed by atoms with Crippen molar-refractivity contribution >= 4 is 10.0 Å². The molecule has 0 saturated heterocycles. The lowest BCUT2D eigenvalue weighted by molar-refractivity contribution is 0.577. The number of hydrogen-bond acceptors (Lipinski definition) is 4. The third kappa shape index (κ3) is 4.66. The van der Waals surface area contributed by atoms with Crippen LogP contribution in [-0.2, 0) is 23.1 Å². The lowest BCUT2D eigenvalue weighted by atomic mass is 10.2. The number of benzene rings is 1. The number of rotatable bonds is 7. The van der Waals surface area contributed by atoms with Crippen molar-refractivity contribution < 1.29 is 8.42 Å². The molecule has 0 aliphatic rings. The monoisotopic (exact) mass is 308 g/mol. The summed E-state index contributed by atoms with van der Waals surface area (Å²) >= 11 is 0. The van der Waals surface area contributed by atoms with E-state index in [9.17, 15) is 8.42 Å². The quantitative estimate of drug-likeness (QED) is 0.721. The fourth-order valence-electron chi connectivity index (χ4n) is 1.79. The number of imidazole rings is 1. The first-order chi connectivity index (χ1) is 9.97. The molecule has 0 radical (unpaired) electrons. The van der Waals surface area contributed by atoms with Crippen molar-refractivity contribution in [1.82, 2.24) is 20.0 Å². The van der Waals surface area contributed by atoms with Gasteiger partial charge in [0.1, 0.15) is 5.82 Å². The van der Waals surface area contributed by atoms with Crippen LogP contribution in [0.25, 0.3) is 0 Å². The number of aromatic nitrogens is 2. The molecule has 21 heavy (non-hydrogen) atoms. The molecule has 0 saturated carbocycles. The van der Waals surface area contributed by atoms with Crippen molar-refractivity contribution in [3.05, 3.63) is 48.0 Å². The van der Waals surface area contributed by atoms with Crippen molar-refractivity contribution in [2.45, 2.75) is 37.9 Å². The zero-order valence-electron chi connectivity index (χ0n) is 12.1. The van der Waals surface area contributed by atoms with Crippen LogP contribution in [0.1, 0.15) is 25.2 Å².